The molecule has 6 fully saturated rings. The Morgan fingerprint density at radius 3 is 1.56 bits per heavy atom. The zero-order chi connectivity index (χ0) is 29.4. The van der Waals surface area contributed by atoms with Crippen molar-refractivity contribution >= 4 is 28.6 Å². The van der Waals surface area contributed by atoms with E-state index >= 15 is 0 Å². The van der Waals surface area contributed by atoms with Crippen molar-refractivity contribution in [3.8, 4) is 0 Å². The maximum atomic E-state index is 12.1. The van der Waals surface area contributed by atoms with Crippen LogP contribution in [0.3, 0.4) is 0 Å². The van der Waals surface area contributed by atoms with Gasteiger partial charge in [0, 0.05) is 54.1 Å². The van der Waals surface area contributed by atoms with Gasteiger partial charge in [0.1, 0.15) is 0 Å². The zero-order valence-electron chi connectivity index (χ0n) is 28.6. The molecular weight excluding hydrogens is 506 g/mol. The fourth-order valence-electron chi connectivity index (χ4n) is 7.77. The Labute approximate surface area is 259 Å². The number of hydrogen-bond donors (Lipinski definition) is 1. The molecule has 2 saturated carbocycles. The molecule has 0 spiro atoms. The van der Waals surface area contributed by atoms with Crippen LogP contribution in [0.15, 0.2) is 0 Å². The molecule has 41 heavy (non-hydrogen) atoms. The van der Waals surface area contributed by atoms with E-state index in [2.05, 4.69) is 27.1 Å². The molecule has 0 aromatic rings. The molecule has 2 aliphatic carbocycles. The van der Waals surface area contributed by atoms with Gasteiger partial charge in [0.05, 0.1) is 13.1 Å². The molecule has 236 valence electrons. The lowest BCUT2D eigenvalue weighted by Gasteiger charge is -2.38. The van der Waals surface area contributed by atoms with Crippen LogP contribution < -0.4 is 5.32 Å². The van der Waals surface area contributed by atoms with Gasteiger partial charge < -0.3 is 15.1 Å². The third-order valence-electron chi connectivity index (χ3n) is 9.05. The summed E-state index contributed by atoms with van der Waals surface area (Å²) in [5.74, 6) is 2.35. The highest BCUT2D eigenvalue weighted by atomic mass is 16.2. The first-order valence-electron chi connectivity index (χ1n) is 17.1. The minimum absolute atomic E-state index is 0. The van der Waals surface area contributed by atoms with Crippen LogP contribution in [0.1, 0.15) is 132 Å². The molecule has 8 heteroatoms. The molecule has 0 unspecified atom stereocenters. The van der Waals surface area contributed by atoms with E-state index in [-0.39, 0.29) is 16.8 Å². The van der Waals surface area contributed by atoms with Gasteiger partial charge in [0.25, 0.3) is 0 Å². The molecule has 6 rings (SSSR count). The summed E-state index contributed by atoms with van der Waals surface area (Å²) >= 11 is 0. The predicted molar refractivity (Wildman–Crippen MR) is 178 cm³/mol. The van der Waals surface area contributed by atoms with Crippen LogP contribution >= 0.6 is 0 Å². The maximum Gasteiger partial charge on any atom is 0.237 e. The van der Waals surface area contributed by atoms with E-state index in [0.29, 0.717) is 49.1 Å². The molecule has 1 N–H and O–H groups in total. The van der Waals surface area contributed by atoms with Crippen LogP contribution in [0.5, 0.6) is 0 Å². The van der Waals surface area contributed by atoms with E-state index in [4.69, 9.17) is 0 Å². The monoisotopic (exact) mass is 573 g/mol. The van der Waals surface area contributed by atoms with Crippen LogP contribution in [-0.2, 0) is 9.59 Å². The second-order valence-electron chi connectivity index (χ2n) is 11.1. The fourth-order valence-corrected chi connectivity index (χ4v) is 7.77. The number of rotatable bonds is 0. The number of hydrogen-bond acceptors (Lipinski definition) is 4. The average Bonchev–Trinajstić information content (AvgIpc) is 3.30. The first kappa shape index (κ1) is 42.1. The molecule has 6 radical (unpaired) electrons. The second kappa shape index (κ2) is 23.4. The number of fused-ring (bicyclic) bond motifs is 6. The number of likely N-dealkylation sites (N-methyl/N-ethyl adjacent to an activating group) is 1. The van der Waals surface area contributed by atoms with Crippen molar-refractivity contribution in [2.24, 2.45) is 11.8 Å². The van der Waals surface area contributed by atoms with Gasteiger partial charge >= 0.3 is 0 Å². The number of nitrogens with one attached hydrogen (secondary N) is 1. The van der Waals surface area contributed by atoms with Crippen molar-refractivity contribution in [1.29, 1.82) is 0 Å². The highest BCUT2D eigenvalue weighted by Gasteiger charge is 2.46. The molecule has 2 amide bonds. The lowest BCUT2D eigenvalue weighted by Crippen LogP contribution is -2.55. The molecule has 6 aliphatic rings. The summed E-state index contributed by atoms with van der Waals surface area (Å²) in [5.41, 5.74) is 0. The molecule has 6 nitrogen and oxygen atoms in total. The minimum atomic E-state index is 0. The molecule has 4 aliphatic heterocycles. The van der Waals surface area contributed by atoms with Crippen molar-refractivity contribution in [2.75, 3.05) is 33.2 Å². The van der Waals surface area contributed by atoms with Gasteiger partial charge in [0.2, 0.25) is 11.8 Å². The predicted octanol–water partition coefficient (Wildman–Crippen LogP) is 5.96. The largest absolute Gasteiger partial charge is 0.334 e. The smallest absolute Gasteiger partial charge is 0.237 e. The molecule has 0 bridgehead atoms. The van der Waals surface area contributed by atoms with Crippen LogP contribution in [0.25, 0.3) is 0 Å². The quantitative estimate of drug-likeness (QED) is 0.364. The summed E-state index contributed by atoms with van der Waals surface area (Å²) in [6, 6.07) is 2.22. The van der Waals surface area contributed by atoms with Gasteiger partial charge in [-0.3, -0.25) is 14.5 Å². The Kier molecular flexibility index (Phi) is 24.1. The van der Waals surface area contributed by atoms with Gasteiger partial charge in [-0.25, -0.2) is 0 Å². The van der Waals surface area contributed by atoms with Crippen LogP contribution in [0.2, 0.25) is 0 Å². The maximum absolute atomic E-state index is 12.1. The Hall–Kier alpha value is -1.01. The Bertz CT molecular complexity index is 684. The molecule has 0 aromatic carbocycles. The van der Waals surface area contributed by atoms with Crippen LogP contribution in [0, 0.1) is 11.8 Å². The molecule has 0 aromatic heterocycles. The SMILES string of the molecule is CC.CC.CC.CC.CN1CC(=O)N2[C@H](C[C@@H]3CCCCC[C@H]32)C1.O=C1CNC[C@H]2C[C@@H]3CCCCC[C@H]3N12.[B].[B]. The van der Waals surface area contributed by atoms with Gasteiger partial charge in [-0.05, 0) is 57.4 Å². The van der Waals surface area contributed by atoms with Crippen molar-refractivity contribution < 1.29 is 9.59 Å². The summed E-state index contributed by atoms with van der Waals surface area (Å²) in [5, 5.41) is 3.24. The lowest BCUT2D eigenvalue weighted by atomic mass is 9.94. The molecule has 4 saturated heterocycles. The molecule has 4 heterocycles. The summed E-state index contributed by atoms with van der Waals surface area (Å²) < 4.78 is 0. The van der Waals surface area contributed by atoms with E-state index in [9.17, 15) is 9.59 Å². The summed E-state index contributed by atoms with van der Waals surface area (Å²) in [7, 11) is 2.07. The number of nitrogens with zero attached hydrogens (tertiary/aromatic N) is 3. The summed E-state index contributed by atoms with van der Waals surface area (Å²) in [6.45, 7) is 19.3. The van der Waals surface area contributed by atoms with Gasteiger partial charge in [-0.2, -0.15) is 0 Å². The van der Waals surface area contributed by atoms with Crippen molar-refractivity contribution in [3.05, 3.63) is 0 Å². The van der Waals surface area contributed by atoms with Crippen LogP contribution in [0.4, 0.5) is 0 Å². The third kappa shape index (κ3) is 11.2. The topological polar surface area (TPSA) is 55.9 Å². The zero-order valence-corrected chi connectivity index (χ0v) is 28.6. The Balaban J connectivity index is 0. The number of carbonyl (C=O) groups is 2. The van der Waals surface area contributed by atoms with Gasteiger partial charge in [-0.15, -0.1) is 0 Å². The van der Waals surface area contributed by atoms with Crippen molar-refractivity contribution in [1.82, 2.24) is 20.0 Å². The highest BCUT2D eigenvalue weighted by molar-refractivity contribution is 5.80. The van der Waals surface area contributed by atoms with Gasteiger partial charge in [0.15, 0.2) is 0 Å². The molecular formula is C33H66B2N4O2. The fraction of sp³-hybridized carbons (Fsp3) is 0.939. The lowest BCUT2D eigenvalue weighted by molar-refractivity contribution is -0.139. The first-order chi connectivity index (χ1) is 19.1. The standard InChI is InChI=1S/C13H22N2O.C12H20N2O.4C2H6.2B/c1-14-8-11-7-10-5-3-2-4-6-12(10)15(11)13(16)9-14;15-12-8-13-7-10-6-9-4-2-1-3-5-11(9)14(10)12;4*1-2;;/h10-12H,2-9H2,1H3;9-11,13H,1-8H2;4*1-2H3;;/t10-,11+,12+;9-,10+,11+;;;;;;/m00....../s1. The van der Waals surface area contributed by atoms with E-state index < -0.39 is 0 Å². The van der Waals surface area contributed by atoms with E-state index in [1.54, 1.807) is 0 Å². The number of amides is 2. The third-order valence-corrected chi connectivity index (χ3v) is 9.05. The van der Waals surface area contributed by atoms with E-state index in [1.807, 2.05) is 55.4 Å². The second-order valence-corrected chi connectivity index (χ2v) is 11.1. The van der Waals surface area contributed by atoms with Gasteiger partial charge in [-0.1, -0.05) is 93.9 Å². The Morgan fingerprint density at radius 1 is 0.610 bits per heavy atom. The normalized spacial score (nSPS) is 31.3. The minimum Gasteiger partial charge on any atom is -0.334 e. The number of piperazine rings is 2. The first-order valence-corrected chi connectivity index (χ1v) is 17.1. The number of carbonyl (C=O) groups excluding carboxylic acids is 2. The summed E-state index contributed by atoms with van der Waals surface area (Å²) in [6.07, 6.45) is 15.9. The average molecular weight is 573 g/mol. The Morgan fingerprint density at radius 2 is 1.05 bits per heavy atom. The van der Waals surface area contributed by atoms with E-state index in [1.165, 1.54) is 77.0 Å². The summed E-state index contributed by atoms with van der Waals surface area (Å²) in [4.78, 5) is 30.7. The highest BCUT2D eigenvalue weighted by Crippen LogP contribution is 2.40. The van der Waals surface area contributed by atoms with Crippen LogP contribution in [-0.4, -0.2) is 101 Å². The van der Waals surface area contributed by atoms with E-state index in [0.717, 1.165) is 24.9 Å². The van der Waals surface area contributed by atoms with Crippen molar-refractivity contribution in [3.63, 3.8) is 0 Å². The van der Waals surface area contributed by atoms with Crippen molar-refractivity contribution in [2.45, 2.75) is 157 Å². The molecule has 6 atom stereocenters.